The Morgan fingerprint density at radius 1 is 1.25 bits per heavy atom. The van der Waals surface area contributed by atoms with Crippen LogP contribution in [0, 0.1) is 0 Å². The van der Waals surface area contributed by atoms with Crippen molar-refractivity contribution in [3.63, 3.8) is 0 Å². The minimum absolute atomic E-state index is 0.0288. The van der Waals surface area contributed by atoms with E-state index in [1.54, 1.807) is 0 Å². The molecule has 1 aromatic carbocycles. The van der Waals surface area contributed by atoms with E-state index in [4.69, 9.17) is 0 Å². The van der Waals surface area contributed by atoms with Crippen molar-refractivity contribution >= 4 is 5.78 Å². The van der Waals surface area contributed by atoms with Gasteiger partial charge in [0.1, 0.15) is 5.78 Å². The Labute approximate surface area is 98.2 Å². The largest absolute Gasteiger partial charge is 0.299 e. The molecule has 1 rings (SSSR count). The zero-order valence-electron chi connectivity index (χ0n) is 10.4. The second-order valence-corrected chi connectivity index (χ2v) is 4.30. The molecule has 86 valence electrons. The fourth-order valence-corrected chi connectivity index (χ4v) is 1.74. The Morgan fingerprint density at radius 2 is 1.88 bits per heavy atom. The summed E-state index contributed by atoms with van der Waals surface area (Å²) in [7, 11) is 0. The van der Waals surface area contributed by atoms with E-state index in [-0.39, 0.29) is 5.92 Å². The monoisotopic (exact) mass is 216 g/mol. The van der Waals surface area contributed by atoms with Gasteiger partial charge in [0.2, 0.25) is 0 Å². The van der Waals surface area contributed by atoms with E-state index in [1.165, 1.54) is 5.57 Å². The highest BCUT2D eigenvalue weighted by molar-refractivity contribution is 5.85. The number of benzene rings is 1. The molecule has 0 aliphatic heterocycles. The Bertz CT molecular complexity index is 358. The molecule has 0 aromatic heterocycles. The lowest BCUT2D eigenvalue weighted by molar-refractivity contribution is -0.120. The summed E-state index contributed by atoms with van der Waals surface area (Å²) in [6.07, 6.45) is 3.57. The molecule has 0 spiro atoms. The van der Waals surface area contributed by atoms with Gasteiger partial charge in [-0.25, -0.2) is 0 Å². The smallest absolute Gasteiger partial charge is 0.140 e. The third-order valence-electron chi connectivity index (χ3n) is 2.70. The summed E-state index contributed by atoms with van der Waals surface area (Å²) in [5, 5.41) is 0. The van der Waals surface area contributed by atoms with Gasteiger partial charge in [0.05, 0.1) is 0 Å². The Balaban J connectivity index is 2.88. The Kier molecular flexibility index (Phi) is 4.97. The van der Waals surface area contributed by atoms with Crippen LogP contribution in [0.5, 0.6) is 0 Å². The van der Waals surface area contributed by atoms with Gasteiger partial charge in [-0.05, 0) is 25.8 Å². The van der Waals surface area contributed by atoms with Crippen molar-refractivity contribution in [2.45, 2.75) is 39.5 Å². The van der Waals surface area contributed by atoms with Crippen molar-refractivity contribution in [3.05, 3.63) is 47.5 Å². The van der Waals surface area contributed by atoms with Crippen LogP contribution in [0.2, 0.25) is 0 Å². The lowest BCUT2D eigenvalue weighted by Gasteiger charge is -2.13. The molecule has 0 aliphatic carbocycles. The van der Waals surface area contributed by atoms with Crippen molar-refractivity contribution in [2.24, 2.45) is 0 Å². The molecule has 1 aromatic rings. The van der Waals surface area contributed by atoms with Crippen molar-refractivity contribution in [2.75, 3.05) is 0 Å². The zero-order valence-corrected chi connectivity index (χ0v) is 10.4. The van der Waals surface area contributed by atoms with Crippen LogP contribution in [0.15, 0.2) is 42.0 Å². The molecule has 0 heterocycles. The van der Waals surface area contributed by atoms with E-state index in [9.17, 15) is 4.79 Å². The van der Waals surface area contributed by atoms with Gasteiger partial charge in [-0.1, -0.05) is 48.9 Å². The van der Waals surface area contributed by atoms with E-state index in [2.05, 4.69) is 19.9 Å². The van der Waals surface area contributed by atoms with Crippen LogP contribution in [0.25, 0.3) is 0 Å². The van der Waals surface area contributed by atoms with Crippen LogP contribution in [0.4, 0.5) is 0 Å². The van der Waals surface area contributed by atoms with Crippen LogP contribution in [-0.4, -0.2) is 5.78 Å². The normalized spacial score (nSPS) is 11.9. The summed E-state index contributed by atoms with van der Waals surface area (Å²) >= 11 is 0. The van der Waals surface area contributed by atoms with E-state index < -0.39 is 0 Å². The minimum atomic E-state index is 0.0288. The fourth-order valence-electron chi connectivity index (χ4n) is 1.74. The van der Waals surface area contributed by atoms with Crippen molar-refractivity contribution in [3.8, 4) is 0 Å². The number of carbonyl (C=O) groups excluding carboxylic acids is 1. The summed E-state index contributed by atoms with van der Waals surface area (Å²) in [5.74, 6) is 0.352. The van der Waals surface area contributed by atoms with Crippen LogP contribution in [0.1, 0.15) is 45.1 Å². The maximum absolute atomic E-state index is 11.9. The molecule has 1 unspecified atom stereocenters. The molecular formula is C15H20O. The number of hydrogen-bond donors (Lipinski definition) is 0. The third-order valence-corrected chi connectivity index (χ3v) is 2.70. The number of Topliss-reactive ketones (excluding diaryl/α,β-unsaturated/α-hetero) is 1. The highest BCUT2D eigenvalue weighted by Crippen LogP contribution is 2.23. The molecule has 1 atom stereocenters. The molecule has 0 amide bonds. The second kappa shape index (κ2) is 6.26. The Hall–Kier alpha value is -1.37. The molecule has 0 aliphatic rings. The van der Waals surface area contributed by atoms with Crippen molar-refractivity contribution in [1.82, 2.24) is 0 Å². The van der Waals surface area contributed by atoms with E-state index in [0.29, 0.717) is 12.2 Å². The lowest BCUT2D eigenvalue weighted by Crippen LogP contribution is -2.10. The standard InChI is InChI=1S/C15H20O/c1-4-15(16)14(11-10-12(2)3)13-8-6-5-7-9-13/h5-10,14H,4,11H2,1-3H3. The highest BCUT2D eigenvalue weighted by Gasteiger charge is 2.16. The molecular weight excluding hydrogens is 196 g/mol. The van der Waals surface area contributed by atoms with Gasteiger partial charge in [0, 0.05) is 12.3 Å². The van der Waals surface area contributed by atoms with Crippen LogP contribution < -0.4 is 0 Å². The first kappa shape index (κ1) is 12.7. The van der Waals surface area contributed by atoms with Gasteiger partial charge in [0.15, 0.2) is 0 Å². The van der Waals surface area contributed by atoms with Gasteiger partial charge < -0.3 is 0 Å². The molecule has 0 fully saturated rings. The van der Waals surface area contributed by atoms with E-state index in [0.717, 1.165) is 12.0 Å². The molecule has 1 nitrogen and oxygen atoms in total. The average Bonchev–Trinajstić information content (AvgIpc) is 2.30. The van der Waals surface area contributed by atoms with Gasteiger partial charge >= 0.3 is 0 Å². The second-order valence-electron chi connectivity index (χ2n) is 4.30. The molecule has 16 heavy (non-hydrogen) atoms. The molecule has 1 heteroatoms. The maximum atomic E-state index is 11.9. The van der Waals surface area contributed by atoms with E-state index in [1.807, 2.05) is 37.3 Å². The number of allylic oxidation sites excluding steroid dienone is 2. The first-order valence-electron chi connectivity index (χ1n) is 5.86. The molecule has 0 saturated carbocycles. The first-order valence-corrected chi connectivity index (χ1v) is 5.86. The Morgan fingerprint density at radius 3 is 2.38 bits per heavy atom. The molecule has 0 bridgehead atoms. The number of hydrogen-bond acceptors (Lipinski definition) is 1. The summed E-state index contributed by atoms with van der Waals surface area (Å²) in [4.78, 5) is 11.9. The summed E-state index contributed by atoms with van der Waals surface area (Å²) < 4.78 is 0. The average molecular weight is 216 g/mol. The van der Waals surface area contributed by atoms with Gasteiger partial charge in [-0.2, -0.15) is 0 Å². The quantitative estimate of drug-likeness (QED) is 0.677. The topological polar surface area (TPSA) is 17.1 Å². The van der Waals surface area contributed by atoms with Gasteiger partial charge in [-0.15, -0.1) is 0 Å². The summed E-state index contributed by atoms with van der Waals surface area (Å²) in [5.41, 5.74) is 2.40. The summed E-state index contributed by atoms with van der Waals surface area (Å²) in [6, 6.07) is 10.0. The SMILES string of the molecule is CCC(=O)C(CC=C(C)C)c1ccccc1. The fraction of sp³-hybridized carbons (Fsp3) is 0.400. The van der Waals surface area contributed by atoms with Gasteiger partial charge in [0.25, 0.3) is 0 Å². The van der Waals surface area contributed by atoms with Crippen LogP contribution >= 0.6 is 0 Å². The zero-order chi connectivity index (χ0) is 12.0. The van der Waals surface area contributed by atoms with E-state index >= 15 is 0 Å². The lowest BCUT2D eigenvalue weighted by atomic mass is 9.90. The number of rotatable bonds is 5. The predicted octanol–water partition coefficient (Wildman–Crippen LogP) is 4.11. The van der Waals surface area contributed by atoms with Gasteiger partial charge in [-0.3, -0.25) is 4.79 Å². The molecule has 0 saturated heterocycles. The molecule has 0 radical (unpaired) electrons. The predicted molar refractivity (Wildman–Crippen MR) is 68.5 cm³/mol. The highest BCUT2D eigenvalue weighted by atomic mass is 16.1. The third kappa shape index (κ3) is 3.65. The maximum Gasteiger partial charge on any atom is 0.140 e. The number of carbonyl (C=O) groups is 1. The van der Waals surface area contributed by atoms with Crippen molar-refractivity contribution < 1.29 is 4.79 Å². The van der Waals surface area contributed by atoms with Crippen LogP contribution in [-0.2, 0) is 4.79 Å². The first-order chi connectivity index (χ1) is 7.65. The summed E-state index contributed by atoms with van der Waals surface area (Å²) in [6.45, 7) is 6.07. The van der Waals surface area contributed by atoms with Crippen molar-refractivity contribution in [1.29, 1.82) is 0 Å². The molecule has 0 N–H and O–H groups in total. The minimum Gasteiger partial charge on any atom is -0.299 e. The van der Waals surface area contributed by atoms with Crippen LogP contribution in [0.3, 0.4) is 0 Å². The number of ketones is 1.